The summed E-state index contributed by atoms with van der Waals surface area (Å²) in [4.78, 5) is 13.8. The van der Waals surface area contributed by atoms with Gasteiger partial charge in [0, 0.05) is 30.3 Å². The van der Waals surface area contributed by atoms with Crippen LogP contribution in [0.5, 0.6) is 0 Å². The van der Waals surface area contributed by atoms with Gasteiger partial charge >= 0.3 is 0 Å². The van der Waals surface area contributed by atoms with Gasteiger partial charge in [0.2, 0.25) is 5.56 Å². The van der Waals surface area contributed by atoms with E-state index < -0.39 is 0 Å². The molecule has 0 aliphatic carbocycles. The molecule has 2 heterocycles. The first-order valence-electron chi connectivity index (χ1n) is 6.40. The van der Waals surface area contributed by atoms with Gasteiger partial charge in [-0.25, -0.2) is 0 Å². The maximum Gasteiger partial charge on any atom is 0.248 e. The minimum Gasteiger partial charge on any atom is -0.329 e. The SMILES string of the molecule is CC(C)NCCCc1nnc(-c2cc[nH]c(=O)c2)s1. The van der Waals surface area contributed by atoms with Crippen LogP contribution in [0.2, 0.25) is 0 Å². The van der Waals surface area contributed by atoms with Crippen LogP contribution in [0.4, 0.5) is 0 Å². The fourth-order valence-electron chi connectivity index (χ4n) is 1.68. The van der Waals surface area contributed by atoms with Crippen molar-refractivity contribution in [1.82, 2.24) is 20.5 Å². The summed E-state index contributed by atoms with van der Waals surface area (Å²) in [6.07, 6.45) is 3.59. The first-order valence-corrected chi connectivity index (χ1v) is 7.21. The molecule has 2 N–H and O–H groups in total. The van der Waals surface area contributed by atoms with Crippen LogP contribution in [0.3, 0.4) is 0 Å². The predicted octanol–water partition coefficient (Wildman–Crippen LogP) is 1.82. The number of rotatable bonds is 6. The molecule has 2 aromatic heterocycles. The van der Waals surface area contributed by atoms with Gasteiger partial charge in [0.15, 0.2) is 0 Å². The summed E-state index contributed by atoms with van der Waals surface area (Å²) >= 11 is 1.55. The molecule has 2 rings (SSSR count). The molecule has 19 heavy (non-hydrogen) atoms. The second kappa shape index (κ2) is 6.58. The molecule has 0 spiro atoms. The van der Waals surface area contributed by atoms with Crippen molar-refractivity contribution in [3.05, 3.63) is 33.7 Å². The van der Waals surface area contributed by atoms with Crippen LogP contribution < -0.4 is 10.9 Å². The lowest BCUT2D eigenvalue weighted by molar-refractivity contribution is 0.569. The summed E-state index contributed by atoms with van der Waals surface area (Å²) < 4.78 is 0. The Balaban J connectivity index is 1.94. The number of pyridine rings is 1. The van der Waals surface area contributed by atoms with Crippen molar-refractivity contribution in [2.45, 2.75) is 32.7 Å². The number of hydrogen-bond donors (Lipinski definition) is 2. The number of aryl methyl sites for hydroxylation is 1. The van der Waals surface area contributed by atoms with Crippen LogP contribution in [0, 0.1) is 0 Å². The van der Waals surface area contributed by atoms with Gasteiger partial charge in [-0.15, -0.1) is 10.2 Å². The molecule has 0 amide bonds. The molecule has 0 saturated carbocycles. The third kappa shape index (κ3) is 4.25. The third-order valence-electron chi connectivity index (χ3n) is 2.61. The summed E-state index contributed by atoms with van der Waals surface area (Å²) in [6, 6.07) is 3.90. The molecule has 6 heteroatoms. The molecule has 0 fully saturated rings. The summed E-state index contributed by atoms with van der Waals surface area (Å²) in [6.45, 7) is 5.25. The first kappa shape index (κ1) is 13.9. The van der Waals surface area contributed by atoms with Crippen molar-refractivity contribution in [3.8, 4) is 10.6 Å². The van der Waals surface area contributed by atoms with E-state index >= 15 is 0 Å². The van der Waals surface area contributed by atoms with Crippen LogP contribution in [0.15, 0.2) is 23.1 Å². The maximum atomic E-state index is 11.2. The first-order chi connectivity index (χ1) is 9.15. The molecule has 0 aliphatic heterocycles. The lowest BCUT2D eigenvalue weighted by Gasteiger charge is -2.05. The number of aromatic amines is 1. The number of aromatic nitrogens is 3. The highest BCUT2D eigenvalue weighted by Gasteiger charge is 2.06. The highest BCUT2D eigenvalue weighted by Crippen LogP contribution is 2.22. The van der Waals surface area contributed by atoms with Crippen LogP contribution in [-0.4, -0.2) is 27.8 Å². The second-order valence-corrected chi connectivity index (χ2v) is 5.72. The highest BCUT2D eigenvalue weighted by molar-refractivity contribution is 7.14. The Labute approximate surface area is 116 Å². The molecule has 0 bridgehead atoms. The van der Waals surface area contributed by atoms with Gasteiger partial charge in [0.25, 0.3) is 0 Å². The average Bonchev–Trinajstić information content (AvgIpc) is 2.83. The number of nitrogens with one attached hydrogen (secondary N) is 2. The van der Waals surface area contributed by atoms with Crippen molar-refractivity contribution >= 4 is 11.3 Å². The molecule has 0 aromatic carbocycles. The largest absolute Gasteiger partial charge is 0.329 e. The van der Waals surface area contributed by atoms with Gasteiger partial charge in [-0.2, -0.15) is 0 Å². The minimum atomic E-state index is -0.115. The molecule has 0 atom stereocenters. The van der Waals surface area contributed by atoms with Crippen molar-refractivity contribution < 1.29 is 0 Å². The Hall–Kier alpha value is -1.53. The fourth-order valence-corrected chi connectivity index (χ4v) is 2.56. The van der Waals surface area contributed by atoms with Gasteiger partial charge in [-0.05, 0) is 19.0 Å². The topological polar surface area (TPSA) is 70.7 Å². The zero-order chi connectivity index (χ0) is 13.7. The van der Waals surface area contributed by atoms with E-state index in [9.17, 15) is 4.79 Å². The lowest BCUT2D eigenvalue weighted by Crippen LogP contribution is -2.23. The molecule has 102 valence electrons. The Kier molecular flexibility index (Phi) is 4.81. The minimum absolute atomic E-state index is 0.115. The van der Waals surface area contributed by atoms with Crippen LogP contribution in [0.1, 0.15) is 25.3 Å². The second-order valence-electron chi connectivity index (χ2n) is 4.65. The molecule has 2 aromatic rings. The molecule has 5 nitrogen and oxygen atoms in total. The summed E-state index contributed by atoms with van der Waals surface area (Å²) in [5.74, 6) is 0. The van der Waals surface area contributed by atoms with Crippen molar-refractivity contribution in [3.63, 3.8) is 0 Å². The summed E-state index contributed by atoms with van der Waals surface area (Å²) in [5.41, 5.74) is 0.711. The highest BCUT2D eigenvalue weighted by atomic mass is 32.1. The number of H-pyrrole nitrogens is 1. The Bertz CT molecular complexity index is 576. The predicted molar refractivity (Wildman–Crippen MR) is 77.4 cm³/mol. The fraction of sp³-hybridized carbons (Fsp3) is 0.462. The van der Waals surface area contributed by atoms with Crippen LogP contribution in [0.25, 0.3) is 10.6 Å². The van der Waals surface area contributed by atoms with Crippen molar-refractivity contribution in [2.75, 3.05) is 6.54 Å². The van der Waals surface area contributed by atoms with Crippen molar-refractivity contribution in [1.29, 1.82) is 0 Å². The zero-order valence-corrected chi connectivity index (χ0v) is 12.0. The van der Waals surface area contributed by atoms with Gasteiger partial charge in [-0.3, -0.25) is 4.79 Å². The summed E-state index contributed by atoms with van der Waals surface area (Å²) in [5, 5.41) is 13.5. The standard InChI is InChI=1S/C13H18N4OS/c1-9(2)14-6-3-4-12-16-17-13(19-12)10-5-7-15-11(18)8-10/h5,7-9,14H,3-4,6H2,1-2H3,(H,15,18). The van der Waals surface area contributed by atoms with Gasteiger partial charge in [0.1, 0.15) is 10.0 Å². The summed E-state index contributed by atoms with van der Waals surface area (Å²) in [7, 11) is 0. The Morgan fingerprint density at radius 1 is 1.42 bits per heavy atom. The zero-order valence-electron chi connectivity index (χ0n) is 11.1. The van der Waals surface area contributed by atoms with Gasteiger partial charge in [0.05, 0.1) is 0 Å². The Morgan fingerprint density at radius 2 is 2.26 bits per heavy atom. The molecule has 0 aliphatic rings. The van der Waals surface area contributed by atoms with Crippen LogP contribution >= 0.6 is 11.3 Å². The smallest absolute Gasteiger partial charge is 0.248 e. The monoisotopic (exact) mass is 278 g/mol. The molecular formula is C13H18N4OS. The normalized spacial score (nSPS) is 11.1. The van der Waals surface area contributed by atoms with E-state index in [1.54, 1.807) is 23.6 Å². The van der Waals surface area contributed by atoms with Crippen molar-refractivity contribution in [2.24, 2.45) is 0 Å². The van der Waals surface area contributed by atoms with Crippen LogP contribution in [-0.2, 0) is 6.42 Å². The quantitative estimate of drug-likeness (QED) is 0.791. The molecular weight excluding hydrogens is 260 g/mol. The van der Waals surface area contributed by atoms with E-state index in [4.69, 9.17) is 0 Å². The molecule has 0 saturated heterocycles. The number of nitrogens with zero attached hydrogens (tertiary/aromatic N) is 2. The van der Waals surface area contributed by atoms with E-state index in [0.29, 0.717) is 6.04 Å². The van der Waals surface area contributed by atoms with E-state index in [-0.39, 0.29) is 5.56 Å². The van der Waals surface area contributed by atoms with Gasteiger partial charge < -0.3 is 10.3 Å². The maximum absolute atomic E-state index is 11.2. The van der Waals surface area contributed by atoms with E-state index in [1.165, 1.54) is 0 Å². The molecule has 0 radical (unpaired) electrons. The lowest BCUT2D eigenvalue weighted by atomic mass is 10.3. The average molecular weight is 278 g/mol. The number of hydrogen-bond acceptors (Lipinski definition) is 5. The third-order valence-corrected chi connectivity index (χ3v) is 3.64. The van der Waals surface area contributed by atoms with E-state index in [1.807, 2.05) is 6.07 Å². The van der Waals surface area contributed by atoms with E-state index in [2.05, 4.69) is 34.3 Å². The molecule has 0 unspecified atom stereocenters. The van der Waals surface area contributed by atoms with Gasteiger partial charge in [-0.1, -0.05) is 25.2 Å². The Morgan fingerprint density at radius 3 is 3.00 bits per heavy atom. The van der Waals surface area contributed by atoms with E-state index in [0.717, 1.165) is 35.0 Å².